The SMILES string of the molecule is N#Cc1cc(F)c(Nc2nc3cnc(N[C@@H]4CCOC[C@H]4F)nc3n2[C@H]2CC[C@H](C(N)=O)CC2)c(F)c1. The molecule has 1 aliphatic carbocycles. The van der Waals surface area contributed by atoms with E-state index in [-0.39, 0.29) is 41.9 Å². The van der Waals surface area contributed by atoms with Crippen molar-refractivity contribution in [1.82, 2.24) is 19.5 Å². The number of carbonyl (C=O) groups excluding carboxylic acids is 1. The molecule has 0 radical (unpaired) electrons. The number of amides is 1. The lowest BCUT2D eigenvalue weighted by atomic mass is 9.85. The molecule has 1 amide bonds. The smallest absolute Gasteiger partial charge is 0.225 e. The van der Waals surface area contributed by atoms with Gasteiger partial charge in [0.15, 0.2) is 17.3 Å². The summed E-state index contributed by atoms with van der Waals surface area (Å²) in [5.74, 6) is -2.20. The van der Waals surface area contributed by atoms with Crippen molar-refractivity contribution in [3.05, 3.63) is 35.5 Å². The summed E-state index contributed by atoms with van der Waals surface area (Å²) in [6.07, 6.45) is 2.89. The van der Waals surface area contributed by atoms with Gasteiger partial charge in [-0.05, 0) is 44.2 Å². The Morgan fingerprint density at radius 2 is 1.89 bits per heavy atom. The van der Waals surface area contributed by atoms with Crippen LogP contribution in [0.1, 0.15) is 43.7 Å². The fraction of sp³-hybridized carbons (Fsp3) is 0.458. The highest BCUT2D eigenvalue weighted by Crippen LogP contribution is 2.37. The van der Waals surface area contributed by atoms with Crippen molar-refractivity contribution in [3.8, 4) is 6.07 Å². The number of ether oxygens (including phenoxy) is 1. The van der Waals surface area contributed by atoms with Gasteiger partial charge < -0.3 is 21.1 Å². The second-order valence-corrected chi connectivity index (χ2v) is 9.30. The van der Waals surface area contributed by atoms with E-state index in [1.807, 2.05) is 0 Å². The number of nitrogens with two attached hydrogens (primary N) is 1. The first-order valence-corrected chi connectivity index (χ1v) is 12.0. The van der Waals surface area contributed by atoms with E-state index in [0.717, 1.165) is 12.1 Å². The zero-order valence-electron chi connectivity index (χ0n) is 19.8. The van der Waals surface area contributed by atoms with Gasteiger partial charge in [-0.3, -0.25) is 9.36 Å². The lowest BCUT2D eigenvalue weighted by Crippen LogP contribution is -2.39. The van der Waals surface area contributed by atoms with Crippen LogP contribution in [-0.4, -0.2) is 50.9 Å². The number of nitrogens with zero attached hydrogens (tertiary/aromatic N) is 5. The quantitative estimate of drug-likeness (QED) is 0.454. The highest BCUT2D eigenvalue weighted by Gasteiger charge is 2.30. The summed E-state index contributed by atoms with van der Waals surface area (Å²) in [6, 6.07) is 2.85. The van der Waals surface area contributed by atoms with Crippen molar-refractivity contribution >= 4 is 34.7 Å². The van der Waals surface area contributed by atoms with Crippen LogP contribution >= 0.6 is 0 Å². The Hall–Kier alpha value is -3.92. The van der Waals surface area contributed by atoms with Crippen LogP contribution < -0.4 is 16.4 Å². The first-order chi connectivity index (χ1) is 17.8. The molecule has 1 aromatic carbocycles. The maximum atomic E-state index is 14.7. The third-order valence-corrected chi connectivity index (χ3v) is 6.91. The first-order valence-electron chi connectivity index (χ1n) is 12.0. The molecule has 194 valence electrons. The summed E-state index contributed by atoms with van der Waals surface area (Å²) in [5.41, 5.74) is 5.62. The number of fused-ring (bicyclic) bond motifs is 1. The Labute approximate surface area is 210 Å². The number of hydrogen-bond acceptors (Lipinski definition) is 8. The van der Waals surface area contributed by atoms with Crippen molar-refractivity contribution in [2.75, 3.05) is 23.8 Å². The van der Waals surface area contributed by atoms with Gasteiger partial charge in [0.1, 0.15) is 17.4 Å². The van der Waals surface area contributed by atoms with Crippen LogP contribution in [-0.2, 0) is 9.53 Å². The van der Waals surface area contributed by atoms with Crippen LogP contribution in [0.3, 0.4) is 0 Å². The molecule has 1 saturated heterocycles. The van der Waals surface area contributed by atoms with Gasteiger partial charge in [-0.15, -0.1) is 0 Å². The number of imidazole rings is 1. The Balaban J connectivity index is 1.53. The lowest BCUT2D eigenvalue weighted by molar-refractivity contribution is -0.122. The minimum atomic E-state index is -1.22. The minimum absolute atomic E-state index is 0.0171. The number of benzene rings is 1. The molecular formula is C24H25F3N8O2. The number of rotatable bonds is 6. The topological polar surface area (TPSA) is 144 Å². The molecule has 3 aromatic rings. The van der Waals surface area contributed by atoms with Crippen LogP contribution in [0.5, 0.6) is 0 Å². The zero-order valence-corrected chi connectivity index (χ0v) is 19.8. The predicted octanol–water partition coefficient (Wildman–Crippen LogP) is 3.48. The van der Waals surface area contributed by atoms with E-state index < -0.39 is 29.5 Å². The van der Waals surface area contributed by atoms with Crippen LogP contribution in [0.25, 0.3) is 11.2 Å². The zero-order chi connectivity index (χ0) is 26.1. The summed E-state index contributed by atoms with van der Waals surface area (Å²) in [6.45, 7) is 0.397. The van der Waals surface area contributed by atoms with Crippen LogP contribution in [0.15, 0.2) is 18.3 Å². The summed E-state index contributed by atoms with van der Waals surface area (Å²) in [7, 11) is 0. The Morgan fingerprint density at radius 1 is 1.16 bits per heavy atom. The molecule has 0 spiro atoms. The van der Waals surface area contributed by atoms with E-state index in [0.29, 0.717) is 49.9 Å². The monoisotopic (exact) mass is 514 g/mol. The summed E-state index contributed by atoms with van der Waals surface area (Å²) < 4.78 is 50.6. The number of anilines is 3. The first kappa shape index (κ1) is 24.8. The fourth-order valence-electron chi connectivity index (χ4n) is 4.91. The molecule has 13 heteroatoms. The van der Waals surface area contributed by atoms with E-state index in [2.05, 4.69) is 25.6 Å². The predicted molar refractivity (Wildman–Crippen MR) is 128 cm³/mol. The number of carbonyl (C=O) groups is 1. The molecule has 2 fully saturated rings. The van der Waals surface area contributed by atoms with Crippen LogP contribution in [0.2, 0.25) is 0 Å². The van der Waals surface area contributed by atoms with Gasteiger partial charge in [0.25, 0.3) is 0 Å². The van der Waals surface area contributed by atoms with Gasteiger partial charge in [-0.2, -0.15) is 10.2 Å². The molecule has 1 aliphatic heterocycles. The standard InChI is InChI=1S/C24H25F3N8O2/c25-15-7-12(9-28)8-16(26)20(15)33-24-32-19-10-30-23(31-18-5-6-37-11-17(18)27)34-22(19)35(24)14-3-1-13(2-4-14)21(29)36/h7-8,10,13-14,17-18H,1-6,11H2,(H2,29,36)(H,32,33)(H,30,31,34)/t13-,14-,17-,18-/m1/s1. The Kier molecular flexibility index (Phi) is 6.84. The van der Waals surface area contributed by atoms with Gasteiger partial charge in [-0.25, -0.2) is 23.1 Å². The van der Waals surface area contributed by atoms with E-state index in [9.17, 15) is 18.0 Å². The van der Waals surface area contributed by atoms with E-state index in [4.69, 9.17) is 15.7 Å². The largest absolute Gasteiger partial charge is 0.378 e. The molecule has 0 unspecified atom stereocenters. The molecule has 10 nitrogen and oxygen atoms in total. The normalized spacial score (nSPS) is 23.9. The van der Waals surface area contributed by atoms with Crippen LogP contribution in [0, 0.1) is 28.9 Å². The molecule has 1 saturated carbocycles. The molecule has 0 bridgehead atoms. The van der Waals surface area contributed by atoms with Gasteiger partial charge in [-0.1, -0.05) is 0 Å². The molecule has 4 N–H and O–H groups in total. The number of alkyl halides is 1. The number of nitrogens with one attached hydrogen (secondary N) is 2. The Morgan fingerprint density at radius 3 is 2.54 bits per heavy atom. The van der Waals surface area contributed by atoms with Crippen molar-refractivity contribution in [3.63, 3.8) is 0 Å². The van der Waals surface area contributed by atoms with Crippen molar-refractivity contribution in [2.24, 2.45) is 11.7 Å². The number of primary amides is 1. The van der Waals surface area contributed by atoms with Gasteiger partial charge in [0.05, 0.1) is 30.5 Å². The average Bonchev–Trinajstić information content (AvgIpc) is 3.24. The molecule has 5 rings (SSSR count). The minimum Gasteiger partial charge on any atom is -0.378 e. The van der Waals surface area contributed by atoms with Crippen LogP contribution in [0.4, 0.5) is 30.8 Å². The molecule has 2 aromatic heterocycles. The highest BCUT2D eigenvalue weighted by molar-refractivity contribution is 5.78. The number of nitriles is 1. The maximum absolute atomic E-state index is 14.7. The maximum Gasteiger partial charge on any atom is 0.225 e. The molecule has 2 aliphatic rings. The van der Waals surface area contributed by atoms with Crippen molar-refractivity contribution in [2.45, 2.75) is 50.4 Å². The second-order valence-electron chi connectivity index (χ2n) is 9.30. The molecule has 37 heavy (non-hydrogen) atoms. The number of hydrogen-bond donors (Lipinski definition) is 3. The van der Waals surface area contributed by atoms with Crippen molar-refractivity contribution < 1.29 is 22.7 Å². The third-order valence-electron chi connectivity index (χ3n) is 6.91. The molecular weight excluding hydrogens is 489 g/mol. The summed E-state index contributed by atoms with van der Waals surface area (Å²) >= 11 is 0. The number of aromatic nitrogens is 4. The fourth-order valence-corrected chi connectivity index (χ4v) is 4.91. The molecule has 3 heterocycles. The van der Waals surface area contributed by atoms with Crippen molar-refractivity contribution in [1.29, 1.82) is 5.26 Å². The molecule has 2 atom stereocenters. The van der Waals surface area contributed by atoms with E-state index in [1.165, 1.54) is 6.20 Å². The highest BCUT2D eigenvalue weighted by atomic mass is 19.1. The van der Waals surface area contributed by atoms with Gasteiger partial charge in [0, 0.05) is 18.6 Å². The Bertz CT molecular complexity index is 1340. The third kappa shape index (κ3) is 5.01. The number of halogens is 3. The van der Waals surface area contributed by atoms with Gasteiger partial charge in [0.2, 0.25) is 17.8 Å². The summed E-state index contributed by atoms with van der Waals surface area (Å²) in [5, 5.41) is 14.7. The van der Waals surface area contributed by atoms with E-state index >= 15 is 0 Å². The average molecular weight is 515 g/mol. The lowest BCUT2D eigenvalue weighted by Gasteiger charge is -2.29. The second kappa shape index (κ2) is 10.2. The van der Waals surface area contributed by atoms with Gasteiger partial charge >= 0.3 is 0 Å². The van der Waals surface area contributed by atoms with E-state index in [1.54, 1.807) is 10.6 Å². The summed E-state index contributed by atoms with van der Waals surface area (Å²) in [4.78, 5) is 25.0.